The lowest BCUT2D eigenvalue weighted by atomic mass is 10.2. The number of nitrogens with two attached hydrogens (primary N) is 1. The van der Waals surface area contributed by atoms with E-state index in [1.807, 2.05) is 6.07 Å². The topological polar surface area (TPSA) is 55.6 Å². The van der Waals surface area contributed by atoms with Crippen molar-refractivity contribution in [1.82, 2.24) is 4.90 Å². The van der Waals surface area contributed by atoms with Crippen molar-refractivity contribution in [3.05, 3.63) is 28.8 Å². The minimum absolute atomic E-state index is 0.00515. The Labute approximate surface area is 112 Å². The van der Waals surface area contributed by atoms with Crippen LogP contribution in [0.15, 0.2) is 18.2 Å². The molecule has 0 unspecified atom stereocenters. The zero-order chi connectivity index (χ0) is 13.3. The highest BCUT2D eigenvalue weighted by Gasteiger charge is 2.47. The molecular weight excluding hydrogens is 252 g/mol. The summed E-state index contributed by atoms with van der Waals surface area (Å²) in [5, 5.41) is 0.546. The van der Waals surface area contributed by atoms with Crippen molar-refractivity contribution < 1.29 is 9.53 Å². The highest BCUT2D eigenvalue weighted by atomic mass is 35.5. The molecule has 1 fully saturated rings. The zero-order valence-electron chi connectivity index (χ0n) is 10.6. The van der Waals surface area contributed by atoms with Crippen molar-refractivity contribution in [2.75, 3.05) is 14.2 Å². The predicted molar refractivity (Wildman–Crippen MR) is 70.6 cm³/mol. The molecule has 1 aliphatic rings. The van der Waals surface area contributed by atoms with Gasteiger partial charge in [0.25, 0.3) is 0 Å². The summed E-state index contributed by atoms with van der Waals surface area (Å²) in [4.78, 5) is 13.6. The Kier molecular flexibility index (Phi) is 3.50. The van der Waals surface area contributed by atoms with E-state index in [4.69, 9.17) is 22.1 Å². The van der Waals surface area contributed by atoms with Gasteiger partial charge in [0.1, 0.15) is 5.75 Å². The lowest BCUT2D eigenvalue weighted by Gasteiger charge is -2.21. The van der Waals surface area contributed by atoms with Gasteiger partial charge in [0.2, 0.25) is 5.91 Å². The van der Waals surface area contributed by atoms with Crippen LogP contribution in [0.5, 0.6) is 5.75 Å². The third kappa shape index (κ3) is 2.60. The summed E-state index contributed by atoms with van der Waals surface area (Å²) in [5.74, 6) is 0.626. The first-order chi connectivity index (χ1) is 8.46. The number of likely N-dealkylation sites (N-methyl/N-ethyl adjacent to an activating group) is 1. The van der Waals surface area contributed by atoms with Crippen LogP contribution in [0.2, 0.25) is 5.02 Å². The smallest absolute Gasteiger partial charge is 0.242 e. The van der Waals surface area contributed by atoms with Gasteiger partial charge < -0.3 is 15.4 Å². The van der Waals surface area contributed by atoms with Gasteiger partial charge in [-0.2, -0.15) is 0 Å². The molecule has 1 aromatic carbocycles. The first-order valence-corrected chi connectivity index (χ1v) is 6.21. The third-order valence-electron chi connectivity index (χ3n) is 3.20. The van der Waals surface area contributed by atoms with Gasteiger partial charge in [-0.1, -0.05) is 17.7 Å². The second kappa shape index (κ2) is 4.78. The monoisotopic (exact) mass is 268 g/mol. The number of nitrogens with zero attached hydrogens (tertiary/aromatic N) is 1. The van der Waals surface area contributed by atoms with Crippen LogP contribution < -0.4 is 10.5 Å². The fourth-order valence-corrected chi connectivity index (χ4v) is 2.16. The molecular formula is C13H17ClN2O2. The van der Waals surface area contributed by atoms with E-state index in [0.29, 0.717) is 17.3 Å². The van der Waals surface area contributed by atoms with E-state index in [0.717, 1.165) is 18.4 Å². The van der Waals surface area contributed by atoms with Crippen molar-refractivity contribution in [1.29, 1.82) is 0 Å². The molecule has 1 saturated carbocycles. The van der Waals surface area contributed by atoms with Gasteiger partial charge in [-0.05, 0) is 30.5 Å². The summed E-state index contributed by atoms with van der Waals surface area (Å²) >= 11 is 6.04. The molecule has 1 aliphatic carbocycles. The summed E-state index contributed by atoms with van der Waals surface area (Å²) in [6, 6.07) is 5.50. The van der Waals surface area contributed by atoms with Gasteiger partial charge in [0.15, 0.2) is 0 Å². The van der Waals surface area contributed by atoms with Crippen LogP contribution >= 0.6 is 11.6 Å². The highest BCUT2D eigenvalue weighted by molar-refractivity contribution is 6.32. The lowest BCUT2D eigenvalue weighted by Crippen LogP contribution is -2.43. The van der Waals surface area contributed by atoms with Crippen LogP contribution in [0.25, 0.3) is 0 Å². The second-order valence-electron chi connectivity index (χ2n) is 4.79. The van der Waals surface area contributed by atoms with E-state index in [9.17, 15) is 4.79 Å². The van der Waals surface area contributed by atoms with E-state index in [1.54, 1.807) is 31.2 Å². The molecule has 0 saturated heterocycles. The number of rotatable bonds is 4. The van der Waals surface area contributed by atoms with Crippen LogP contribution in [-0.2, 0) is 11.3 Å². The Morgan fingerprint density at radius 2 is 2.22 bits per heavy atom. The minimum atomic E-state index is -0.620. The minimum Gasteiger partial charge on any atom is -0.495 e. The molecule has 0 aliphatic heterocycles. The fraction of sp³-hybridized carbons (Fsp3) is 0.462. The Morgan fingerprint density at radius 3 is 2.72 bits per heavy atom. The number of hydrogen-bond donors (Lipinski definition) is 1. The molecule has 5 heteroatoms. The third-order valence-corrected chi connectivity index (χ3v) is 3.49. The van der Waals surface area contributed by atoms with E-state index in [-0.39, 0.29) is 5.91 Å². The number of methoxy groups -OCH3 is 1. The second-order valence-corrected chi connectivity index (χ2v) is 5.19. The van der Waals surface area contributed by atoms with E-state index < -0.39 is 5.54 Å². The maximum absolute atomic E-state index is 12.0. The number of halogens is 1. The standard InChI is InChI=1S/C13H17ClN2O2/c1-16(12(17)13(15)5-6-13)8-9-3-4-11(18-2)10(14)7-9/h3-4,7H,5-6,8,15H2,1-2H3. The summed E-state index contributed by atoms with van der Waals surface area (Å²) < 4.78 is 5.08. The maximum Gasteiger partial charge on any atom is 0.242 e. The van der Waals surface area contributed by atoms with Crippen molar-refractivity contribution in [3.63, 3.8) is 0 Å². The average molecular weight is 269 g/mol. The van der Waals surface area contributed by atoms with Gasteiger partial charge >= 0.3 is 0 Å². The normalized spacial score (nSPS) is 16.2. The summed E-state index contributed by atoms with van der Waals surface area (Å²) in [5.41, 5.74) is 6.22. The van der Waals surface area contributed by atoms with Gasteiger partial charge in [0, 0.05) is 13.6 Å². The Balaban J connectivity index is 2.05. The highest BCUT2D eigenvalue weighted by Crippen LogP contribution is 2.34. The molecule has 0 aromatic heterocycles. The van der Waals surface area contributed by atoms with Gasteiger partial charge in [0.05, 0.1) is 17.7 Å². The molecule has 1 aromatic rings. The number of carbonyl (C=O) groups is 1. The van der Waals surface area contributed by atoms with Crippen molar-refractivity contribution in [2.45, 2.75) is 24.9 Å². The summed E-state index contributed by atoms with van der Waals surface area (Å²) in [6.07, 6.45) is 1.55. The van der Waals surface area contributed by atoms with E-state index >= 15 is 0 Å². The largest absolute Gasteiger partial charge is 0.495 e. The SMILES string of the molecule is COc1ccc(CN(C)C(=O)C2(N)CC2)cc1Cl. The van der Waals surface area contributed by atoms with Crippen LogP contribution in [0.4, 0.5) is 0 Å². The summed E-state index contributed by atoms with van der Waals surface area (Å²) in [7, 11) is 3.33. The molecule has 18 heavy (non-hydrogen) atoms. The quantitative estimate of drug-likeness (QED) is 0.906. The number of carbonyl (C=O) groups excluding carboxylic acids is 1. The molecule has 0 atom stereocenters. The average Bonchev–Trinajstić information content (AvgIpc) is 3.08. The number of benzene rings is 1. The Morgan fingerprint density at radius 1 is 1.56 bits per heavy atom. The predicted octanol–water partition coefficient (Wildman–Crippen LogP) is 1.80. The first-order valence-electron chi connectivity index (χ1n) is 5.83. The van der Waals surface area contributed by atoms with Crippen molar-refractivity contribution >= 4 is 17.5 Å². The van der Waals surface area contributed by atoms with Gasteiger partial charge in [-0.25, -0.2) is 0 Å². The molecule has 2 rings (SSSR count). The molecule has 0 spiro atoms. The van der Waals surface area contributed by atoms with E-state index in [1.165, 1.54) is 0 Å². The van der Waals surface area contributed by atoms with Gasteiger partial charge in [-0.15, -0.1) is 0 Å². The Bertz CT molecular complexity index is 472. The fourth-order valence-electron chi connectivity index (χ4n) is 1.88. The van der Waals surface area contributed by atoms with Crippen molar-refractivity contribution in [2.24, 2.45) is 5.73 Å². The van der Waals surface area contributed by atoms with E-state index in [2.05, 4.69) is 0 Å². The lowest BCUT2D eigenvalue weighted by molar-refractivity contribution is -0.132. The molecule has 98 valence electrons. The van der Waals surface area contributed by atoms with Crippen LogP contribution in [0.3, 0.4) is 0 Å². The van der Waals surface area contributed by atoms with Gasteiger partial charge in [-0.3, -0.25) is 4.79 Å². The van der Waals surface area contributed by atoms with Crippen LogP contribution in [0, 0.1) is 0 Å². The molecule has 0 bridgehead atoms. The molecule has 1 amide bonds. The number of amides is 1. The maximum atomic E-state index is 12.0. The Hall–Kier alpha value is -1.26. The first kappa shape index (κ1) is 13.2. The number of ether oxygens (including phenoxy) is 1. The molecule has 4 nitrogen and oxygen atoms in total. The number of hydrogen-bond acceptors (Lipinski definition) is 3. The summed E-state index contributed by atoms with van der Waals surface area (Å²) in [6.45, 7) is 0.501. The molecule has 2 N–H and O–H groups in total. The molecule has 0 radical (unpaired) electrons. The molecule has 0 heterocycles. The van der Waals surface area contributed by atoms with Crippen LogP contribution in [-0.4, -0.2) is 30.5 Å². The van der Waals surface area contributed by atoms with Crippen LogP contribution in [0.1, 0.15) is 18.4 Å². The zero-order valence-corrected chi connectivity index (χ0v) is 11.3. The van der Waals surface area contributed by atoms with Crippen molar-refractivity contribution in [3.8, 4) is 5.75 Å².